The molecule has 0 bridgehead atoms. The van der Waals surface area contributed by atoms with Crippen molar-refractivity contribution in [3.05, 3.63) is 209 Å². The number of nitriles is 1. The Morgan fingerprint density at radius 2 is 1.45 bits per heavy atom. The van der Waals surface area contributed by atoms with Crippen LogP contribution in [0.2, 0.25) is 0 Å². The molecule has 55 heavy (non-hydrogen) atoms. The van der Waals surface area contributed by atoms with Crippen LogP contribution in [0.1, 0.15) is 51.9 Å². The van der Waals surface area contributed by atoms with E-state index in [4.69, 9.17) is 14.7 Å². The summed E-state index contributed by atoms with van der Waals surface area (Å²) in [6.07, 6.45) is 13.9. The molecular weight excluding hydrogens is 673 g/mol. The second kappa shape index (κ2) is 13.7. The van der Waals surface area contributed by atoms with E-state index in [0.29, 0.717) is 5.56 Å². The highest BCUT2D eigenvalue weighted by molar-refractivity contribution is 6.09. The van der Waals surface area contributed by atoms with Gasteiger partial charge in [0.15, 0.2) is 0 Å². The zero-order valence-corrected chi connectivity index (χ0v) is 30.0. The van der Waals surface area contributed by atoms with Gasteiger partial charge < -0.3 is 10.1 Å². The number of hydrogen-bond acceptors (Lipinski definition) is 5. The van der Waals surface area contributed by atoms with Crippen LogP contribution in [0.4, 0.5) is 0 Å². The number of ether oxygens (including phenoxy) is 1. The van der Waals surface area contributed by atoms with Crippen LogP contribution in [0.15, 0.2) is 186 Å². The third-order valence-corrected chi connectivity index (χ3v) is 11.1. The first-order valence-electron chi connectivity index (χ1n) is 18.8. The molecule has 6 aromatic carbocycles. The van der Waals surface area contributed by atoms with Gasteiger partial charge in [-0.15, -0.1) is 0 Å². The first-order valence-corrected chi connectivity index (χ1v) is 18.8. The highest BCUT2D eigenvalue weighted by Gasteiger charge is 2.39. The minimum Gasteiger partial charge on any atom is -0.484 e. The van der Waals surface area contributed by atoms with Crippen LogP contribution in [-0.2, 0) is 0 Å². The average molecular weight is 709 g/mol. The molecule has 5 heteroatoms. The van der Waals surface area contributed by atoms with Crippen molar-refractivity contribution in [2.75, 3.05) is 0 Å². The normalized spacial score (nSPS) is 20.9. The van der Waals surface area contributed by atoms with Gasteiger partial charge in [0.1, 0.15) is 29.7 Å². The number of allylic oxidation sites excluding steroid dienone is 5. The van der Waals surface area contributed by atoms with E-state index in [9.17, 15) is 5.26 Å². The third-order valence-electron chi connectivity index (χ3n) is 11.1. The summed E-state index contributed by atoms with van der Waals surface area (Å²) in [7, 11) is 0. The molecule has 5 nitrogen and oxygen atoms in total. The number of benzene rings is 6. The van der Waals surface area contributed by atoms with Crippen molar-refractivity contribution in [2.45, 2.75) is 24.6 Å². The summed E-state index contributed by atoms with van der Waals surface area (Å²) in [4.78, 5) is 10.2. The number of amidine groups is 2. The largest absolute Gasteiger partial charge is 0.484 e. The van der Waals surface area contributed by atoms with Crippen LogP contribution in [0.3, 0.4) is 0 Å². The number of hydrogen-bond donors (Lipinski definition) is 1. The fraction of sp³-hybridized carbons (Fsp3) is 0.100. The van der Waals surface area contributed by atoms with Gasteiger partial charge in [0, 0.05) is 22.4 Å². The standard InChI is InChI=1S/C50H36N4O/c51-31-32-21-23-34(24-22-32)43-30-44-46-40(19-10-20-45(46)55-47(44)42-18-8-7-17-41(42)43)39-16-9-15-38(29-39)33-25-27-37(28-26-33)50-53-48(35-11-3-1-4-12-35)52-49(54-50)36-13-5-2-6-14-36/h1-27,29-30,37,45-46,48H,28H2,(H,52,53,54). The number of nitrogens with one attached hydrogen (secondary N) is 1. The fourth-order valence-corrected chi connectivity index (χ4v) is 8.31. The zero-order valence-electron chi connectivity index (χ0n) is 30.0. The fourth-order valence-electron chi connectivity index (χ4n) is 8.31. The molecule has 1 N–H and O–H groups in total. The Labute approximate surface area is 320 Å². The molecule has 0 saturated heterocycles. The van der Waals surface area contributed by atoms with E-state index in [1.54, 1.807) is 0 Å². The summed E-state index contributed by atoms with van der Waals surface area (Å²) in [5, 5.41) is 15.2. The lowest BCUT2D eigenvalue weighted by molar-refractivity contribution is 0.274. The molecule has 6 aromatic rings. The number of aliphatic imine (C=N–C) groups is 2. The lowest BCUT2D eigenvalue weighted by Gasteiger charge is -2.26. The molecule has 0 aromatic heterocycles. The molecule has 0 radical (unpaired) electrons. The molecular formula is C50H36N4O. The molecule has 2 aliphatic heterocycles. The minimum absolute atomic E-state index is 0.0457. The van der Waals surface area contributed by atoms with Gasteiger partial charge in [-0.05, 0) is 81.1 Å². The van der Waals surface area contributed by atoms with E-state index in [2.05, 4.69) is 139 Å². The Hall–Kier alpha value is -7.03. The van der Waals surface area contributed by atoms with E-state index in [1.807, 2.05) is 48.5 Å². The highest BCUT2D eigenvalue weighted by Crippen LogP contribution is 2.52. The number of nitrogens with zero attached hydrogens (tertiary/aromatic N) is 3. The smallest absolute Gasteiger partial charge is 0.147 e. The molecule has 2 heterocycles. The number of fused-ring (bicyclic) bond motifs is 5. The van der Waals surface area contributed by atoms with Gasteiger partial charge >= 0.3 is 0 Å². The van der Waals surface area contributed by atoms with Gasteiger partial charge in [-0.3, -0.25) is 0 Å². The Morgan fingerprint density at radius 3 is 2.24 bits per heavy atom. The summed E-state index contributed by atoms with van der Waals surface area (Å²) in [5.74, 6) is 2.75. The molecule has 4 aliphatic rings. The predicted molar refractivity (Wildman–Crippen MR) is 223 cm³/mol. The lowest BCUT2D eigenvalue weighted by Crippen LogP contribution is -2.35. The van der Waals surface area contributed by atoms with E-state index in [0.717, 1.165) is 56.9 Å². The van der Waals surface area contributed by atoms with Crippen LogP contribution in [-0.4, -0.2) is 17.8 Å². The van der Waals surface area contributed by atoms with Crippen LogP contribution < -0.4 is 10.1 Å². The van der Waals surface area contributed by atoms with Gasteiger partial charge in [-0.1, -0.05) is 146 Å². The highest BCUT2D eigenvalue weighted by atomic mass is 16.5. The van der Waals surface area contributed by atoms with E-state index >= 15 is 0 Å². The molecule has 0 saturated carbocycles. The first kappa shape index (κ1) is 32.6. The van der Waals surface area contributed by atoms with Gasteiger partial charge in [0.2, 0.25) is 0 Å². The summed E-state index contributed by atoms with van der Waals surface area (Å²) in [6.45, 7) is 0. The molecule has 0 fully saturated rings. The maximum atomic E-state index is 9.42. The van der Waals surface area contributed by atoms with E-state index in [1.165, 1.54) is 27.8 Å². The molecule has 10 rings (SSSR count). The Kier molecular flexibility index (Phi) is 8.15. The molecule has 4 unspecified atom stereocenters. The third kappa shape index (κ3) is 5.99. The van der Waals surface area contributed by atoms with Crippen molar-refractivity contribution in [1.82, 2.24) is 5.32 Å². The second-order valence-corrected chi connectivity index (χ2v) is 14.4. The average Bonchev–Trinajstić information content (AvgIpc) is 3.66. The Balaban J connectivity index is 0.957. The van der Waals surface area contributed by atoms with Crippen LogP contribution >= 0.6 is 0 Å². The van der Waals surface area contributed by atoms with Crippen LogP contribution in [0.5, 0.6) is 5.75 Å². The lowest BCUT2D eigenvalue weighted by atomic mass is 9.79. The van der Waals surface area contributed by atoms with Crippen molar-refractivity contribution >= 4 is 33.6 Å². The van der Waals surface area contributed by atoms with Crippen LogP contribution in [0.25, 0.3) is 33.0 Å². The second-order valence-electron chi connectivity index (χ2n) is 14.4. The van der Waals surface area contributed by atoms with Gasteiger partial charge in [0.05, 0.1) is 17.6 Å². The maximum Gasteiger partial charge on any atom is 0.147 e. The number of rotatable bonds is 6. The quantitative estimate of drug-likeness (QED) is 0.187. The van der Waals surface area contributed by atoms with Crippen molar-refractivity contribution in [2.24, 2.45) is 15.9 Å². The SMILES string of the molecule is N#Cc1ccc(-c2cc3c(c4ccccc24)OC2C=CC=C(c4cccc(C5=CCC(C6=NC(c7ccccc7)NC(c7ccccc7)=N6)C=C5)c4)C32)cc1. The molecule has 0 spiro atoms. The maximum absolute atomic E-state index is 9.42. The summed E-state index contributed by atoms with van der Waals surface area (Å²) < 4.78 is 6.77. The Bertz CT molecular complexity index is 2700. The summed E-state index contributed by atoms with van der Waals surface area (Å²) >= 11 is 0. The predicted octanol–water partition coefficient (Wildman–Crippen LogP) is 11.0. The molecule has 262 valence electrons. The first-order chi connectivity index (χ1) is 27.2. The molecule has 0 amide bonds. The van der Waals surface area contributed by atoms with Crippen molar-refractivity contribution in [3.8, 4) is 22.9 Å². The monoisotopic (exact) mass is 708 g/mol. The van der Waals surface area contributed by atoms with E-state index in [-0.39, 0.29) is 24.1 Å². The van der Waals surface area contributed by atoms with Gasteiger partial charge in [-0.25, -0.2) is 9.98 Å². The zero-order chi connectivity index (χ0) is 36.7. The van der Waals surface area contributed by atoms with Crippen LogP contribution in [0, 0.1) is 17.2 Å². The topological polar surface area (TPSA) is 69.8 Å². The van der Waals surface area contributed by atoms with E-state index < -0.39 is 0 Å². The van der Waals surface area contributed by atoms with Crippen molar-refractivity contribution in [3.63, 3.8) is 0 Å². The molecule has 2 aliphatic carbocycles. The summed E-state index contributed by atoms with van der Waals surface area (Å²) in [6, 6.07) is 50.5. The van der Waals surface area contributed by atoms with Gasteiger partial charge in [0.25, 0.3) is 0 Å². The van der Waals surface area contributed by atoms with Gasteiger partial charge in [-0.2, -0.15) is 5.26 Å². The minimum atomic E-state index is -0.205. The van der Waals surface area contributed by atoms with Crippen molar-refractivity contribution in [1.29, 1.82) is 5.26 Å². The van der Waals surface area contributed by atoms with Crippen molar-refractivity contribution < 1.29 is 4.74 Å². The Morgan fingerprint density at radius 1 is 0.709 bits per heavy atom. The molecule has 4 atom stereocenters. The summed E-state index contributed by atoms with van der Waals surface area (Å²) in [5.41, 5.74) is 11.0.